The molecule has 4 nitrogen and oxygen atoms in total. The smallest absolute Gasteiger partial charge is 0.220 e. The average Bonchev–Trinajstić information content (AvgIpc) is 2.71. The van der Waals surface area contributed by atoms with Gasteiger partial charge < -0.3 is 15.0 Å². The number of hydrogen-bond acceptors (Lipinski definition) is 2. The number of amides is 1. The summed E-state index contributed by atoms with van der Waals surface area (Å²) >= 11 is 0. The maximum absolute atomic E-state index is 11.2. The molecular formula is C11H18N2O2. The summed E-state index contributed by atoms with van der Waals surface area (Å²) in [7, 11) is 0. The average molecular weight is 210 g/mol. The molecule has 0 atom stereocenters. The fraction of sp³-hybridized carbons (Fsp3) is 0.545. The molecule has 0 saturated heterocycles. The van der Waals surface area contributed by atoms with Crippen molar-refractivity contribution in [2.75, 3.05) is 13.2 Å². The molecule has 0 aliphatic heterocycles. The molecule has 15 heavy (non-hydrogen) atoms. The topological polar surface area (TPSA) is 54.3 Å². The highest BCUT2D eigenvalue weighted by molar-refractivity contribution is 5.75. The minimum atomic E-state index is 0.0654. The van der Waals surface area contributed by atoms with Crippen molar-refractivity contribution in [1.29, 1.82) is 0 Å². The molecule has 2 N–H and O–H groups in total. The van der Waals surface area contributed by atoms with E-state index in [4.69, 9.17) is 5.11 Å². The van der Waals surface area contributed by atoms with E-state index in [2.05, 4.69) is 5.32 Å². The molecule has 1 aromatic heterocycles. The number of aliphatic hydroxyl groups is 1. The molecule has 0 radical (unpaired) electrons. The van der Waals surface area contributed by atoms with Gasteiger partial charge in [0.15, 0.2) is 0 Å². The second-order valence-electron chi connectivity index (χ2n) is 3.45. The Balaban J connectivity index is 2.02. The number of carbonyl (C=O) groups is 1. The summed E-state index contributed by atoms with van der Waals surface area (Å²) in [5.41, 5.74) is 0. The van der Waals surface area contributed by atoms with Crippen LogP contribution in [0.1, 0.15) is 19.3 Å². The Morgan fingerprint density at radius 1 is 1.27 bits per heavy atom. The van der Waals surface area contributed by atoms with Crippen molar-refractivity contribution in [3.8, 4) is 0 Å². The Bertz CT molecular complexity index is 270. The fourth-order valence-corrected chi connectivity index (χ4v) is 1.33. The van der Waals surface area contributed by atoms with Crippen LogP contribution in [-0.2, 0) is 11.3 Å². The maximum atomic E-state index is 11.2. The van der Waals surface area contributed by atoms with Crippen molar-refractivity contribution in [3.63, 3.8) is 0 Å². The summed E-state index contributed by atoms with van der Waals surface area (Å²) in [6.45, 7) is 1.63. The summed E-state index contributed by atoms with van der Waals surface area (Å²) in [6, 6.07) is 3.92. The van der Waals surface area contributed by atoms with E-state index in [1.165, 1.54) is 0 Å². The molecule has 1 rings (SSSR count). The Kier molecular flexibility index (Phi) is 5.55. The highest BCUT2D eigenvalue weighted by Gasteiger charge is 1.99. The van der Waals surface area contributed by atoms with Gasteiger partial charge in [-0.3, -0.25) is 4.79 Å². The fourth-order valence-electron chi connectivity index (χ4n) is 1.33. The monoisotopic (exact) mass is 210 g/mol. The zero-order valence-electron chi connectivity index (χ0n) is 8.85. The summed E-state index contributed by atoms with van der Waals surface area (Å²) in [5, 5.41) is 11.4. The first-order valence-corrected chi connectivity index (χ1v) is 5.31. The molecule has 4 heteroatoms. The van der Waals surface area contributed by atoms with Gasteiger partial charge in [-0.2, -0.15) is 0 Å². The van der Waals surface area contributed by atoms with Crippen LogP contribution < -0.4 is 5.32 Å². The van der Waals surface area contributed by atoms with Gasteiger partial charge in [-0.25, -0.2) is 0 Å². The number of nitrogens with zero attached hydrogens (tertiary/aromatic N) is 1. The van der Waals surface area contributed by atoms with Crippen LogP contribution in [0, 0.1) is 0 Å². The lowest BCUT2D eigenvalue weighted by Crippen LogP contribution is -2.26. The molecule has 0 aliphatic carbocycles. The minimum absolute atomic E-state index is 0.0654. The first-order valence-electron chi connectivity index (χ1n) is 5.31. The van der Waals surface area contributed by atoms with Gasteiger partial charge in [0.1, 0.15) is 0 Å². The van der Waals surface area contributed by atoms with E-state index in [0.717, 1.165) is 13.0 Å². The number of aromatic nitrogens is 1. The van der Waals surface area contributed by atoms with E-state index in [9.17, 15) is 4.79 Å². The summed E-state index contributed by atoms with van der Waals surface area (Å²) in [5.74, 6) is 0.0654. The number of carbonyl (C=O) groups excluding carboxylic acids is 1. The predicted octanol–water partition coefficient (Wildman–Crippen LogP) is 0.767. The van der Waals surface area contributed by atoms with E-state index in [1.807, 2.05) is 29.1 Å². The van der Waals surface area contributed by atoms with Gasteiger partial charge in [-0.15, -0.1) is 0 Å². The van der Waals surface area contributed by atoms with Crippen molar-refractivity contribution < 1.29 is 9.90 Å². The first kappa shape index (κ1) is 11.8. The van der Waals surface area contributed by atoms with Gasteiger partial charge in [0.25, 0.3) is 0 Å². The van der Waals surface area contributed by atoms with Crippen LogP contribution in [0.5, 0.6) is 0 Å². The summed E-state index contributed by atoms with van der Waals surface area (Å²) in [6.07, 6.45) is 5.90. The third kappa shape index (κ3) is 5.22. The van der Waals surface area contributed by atoms with Crippen molar-refractivity contribution in [3.05, 3.63) is 24.5 Å². The van der Waals surface area contributed by atoms with Gasteiger partial charge in [0, 0.05) is 38.5 Å². The van der Waals surface area contributed by atoms with Gasteiger partial charge in [0.2, 0.25) is 5.91 Å². The predicted molar refractivity (Wildman–Crippen MR) is 58.4 cm³/mol. The van der Waals surface area contributed by atoms with Crippen LogP contribution in [0.2, 0.25) is 0 Å². The second-order valence-corrected chi connectivity index (χ2v) is 3.45. The van der Waals surface area contributed by atoms with E-state index in [0.29, 0.717) is 19.4 Å². The third-order valence-corrected chi connectivity index (χ3v) is 2.17. The number of rotatable bonds is 7. The lowest BCUT2D eigenvalue weighted by molar-refractivity contribution is -0.121. The van der Waals surface area contributed by atoms with Crippen LogP contribution in [0.3, 0.4) is 0 Å². The lowest BCUT2D eigenvalue weighted by atomic mass is 10.2. The van der Waals surface area contributed by atoms with Crippen LogP contribution in [0.4, 0.5) is 0 Å². The lowest BCUT2D eigenvalue weighted by Gasteiger charge is -2.05. The highest BCUT2D eigenvalue weighted by Crippen LogP contribution is 1.94. The molecule has 0 unspecified atom stereocenters. The molecule has 0 aromatic carbocycles. The molecule has 1 heterocycles. The van der Waals surface area contributed by atoms with Crippen molar-refractivity contribution in [2.45, 2.75) is 25.8 Å². The van der Waals surface area contributed by atoms with Crippen molar-refractivity contribution >= 4 is 5.91 Å². The molecule has 1 amide bonds. The quantitative estimate of drug-likeness (QED) is 0.653. The molecular weight excluding hydrogens is 192 g/mol. The molecule has 0 spiro atoms. The van der Waals surface area contributed by atoms with Gasteiger partial charge >= 0.3 is 0 Å². The van der Waals surface area contributed by atoms with E-state index in [1.54, 1.807) is 0 Å². The Morgan fingerprint density at radius 2 is 2.00 bits per heavy atom. The van der Waals surface area contributed by atoms with Crippen LogP contribution >= 0.6 is 0 Å². The minimum Gasteiger partial charge on any atom is -0.396 e. The van der Waals surface area contributed by atoms with Crippen molar-refractivity contribution in [2.24, 2.45) is 0 Å². The van der Waals surface area contributed by atoms with Crippen LogP contribution in [-0.4, -0.2) is 28.7 Å². The number of aliphatic hydroxyl groups excluding tert-OH is 1. The first-order chi connectivity index (χ1) is 7.33. The van der Waals surface area contributed by atoms with E-state index < -0.39 is 0 Å². The van der Waals surface area contributed by atoms with Gasteiger partial charge in [-0.1, -0.05) is 0 Å². The normalized spacial score (nSPS) is 10.2. The Labute approximate surface area is 89.9 Å². The molecule has 84 valence electrons. The maximum Gasteiger partial charge on any atom is 0.220 e. The van der Waals surface area contributed by atoms with E-state index >= 15 is 0 Å². The third-order valence-electron chi connectivity index (χ3n) is 2.17. The van der Waals surface area contributed by atoms with Gasteiger partial charge in [0.05, 0.1) is 0 Å². The SMILES string of the molecule is O=C(CCCCO)NCCn1cccc1. The summed E-state index contributed by atoms with van der Waals surface area (Å²) in [4.78, 5) is 11.2. The van der Waals surface area contributed by atoms with Crippen LogP contribution in [0.25, 0.3) is 0 Å². The number of nitrogens with one attached hydrogen (secondary N) is 1. The Morgan fingerprint density at radius 3 is 2.67 bits per heavy atom. The zero-order chi connectivity index (χ0) is 10.9. The second kappa shape index (κ2) is 7.06. The standard InChI is InChI=1S/C11H18N2O2/c14-10-4-1-5-11(15)12-6-9-13-7-2-3-8-13/h2-3,7-8,14H,1,4-6,9-10H2,(H,12,15). The largest absolute Gasteiger partial charge is 0.396 e. The zero-order valence-corrected chi connectivity index (χ0v) is 8.85. The molecule has 0 bridgehead atoms. The Hall–Kier alpha value is -1.29. The molecule has 1 aromatic rings. The summed E-state index contributed by atoms with van der Waals surface area (Å²) < 4.78 is 2.02. The number of hydrogen-bond donors (Lipinski definition) is 2. The number of unbranched alkanes of at least 4 members (excludes halogenated alkanes) is 1. The van der Waals surface area contributed by atoms with Crippen molar-refractivity contribution in [1.82, 2.24) is 9.88 Å². The highest BCUT2D eigenvalue weighted by atomic mass is 16.2. The molecule has 0 saturated carbocycles. The van der Waals surface area contributed by atoms with Crippen LogP contribution in [0.15, 0.2) is 24.5 Å². The molecule has 0 fully saturated rings. The van der Waals surface area contributed by atoms with Gasteiger partial charge in [-0.05, 0) is 25.0 Å². The molecule has 0 aliphatic rings. The van der Waals surface area contributed by atoms with E-state index in [-0.39, 0.29) is 12.5 Å².